The first kappa shape index (κ1) is 11.2. The molecule has 0 saturated heterocycles. The van der Waals surface area contributed by atoms with E-state index in [9.17, 15) is 10.1 Å². The van der Waals surface area contributed by atoms with Crippen LogP contribution in [0, 0.1) is 18.3 Å². The van der Waals surface area contributed by atoms with Crippen molar-refractivity contribution in [3.05, 3.63) is 58.3 Å². The number of nitriles is 1. The molecular weight excluding hydrogens is 240 g/mol. The number of fused-ring (bicyclic) bond motifs is 1. The molecule has 0 aliphatic heterocycles. The molecule has 0 atom stereocenters. The summed E-state index contributed by atoms with van der Waals surface area (Å²) in [6, 6.07) is 11.6. The second-order valence-electron chi connectivity index (χ2n) is 4.17. The number of para-hydroxylation sites is 1. The first-order chi connectivity index (χ1) is 9.24. The number of aromatic amines is 1. The monoisotopic (exact) mass is 250 g/mol. The molecule has 0 bridgehead atoms. The molecular formula is C14H10N4O. The van der Waals surface area contributed by atoms with E-state index in [1.165, 1.54) is 6.33 Å². The third-order valence-corrected chi connectivity index (χ3v) is 3.11. The molecule has 0 unspecified atom stereocenters. The first-order valence-electron chi connectivity index (χ1n) is 5.78. The van der Waals surface area contributed by atoms with E-state index in [1.807, 2.05) is 37.3 Å². The average molecular weight is 250 g/mol. The SMILES string of the molecule is Cc1c(C#N)c2nc[nH]c(=O)c2n1-c1ccccc1. The molecule has 2 heterocycles. The summed E-state index contributed by atoms with van der Waals surface area (Å²) in [5, 5.41) is 9.25. The van der Waals surface area contributed by atoms with E-state index in [1.54, 1.807) is 4.57 Å². The molecule has 0 radical (unpaired) electrons. The Morgan fingerprint density at radius 3 is 2.74 bits per heavy atom. The zero-order valence-electron chi connectivity index (χ0n) is 10.2. The maximum atomic E-state index is 12.0. The van der Waals surface area contributed by atoms with Crippen molar-refractivity contribution in [1.82, 2.24) is 14.5 Å². The van der Waals surface area contributed by atoms with E-state index in [0.29, 0.717) is 22.3 Å². The molecule has 2 aromatic heterocycles. The van der Waals surface area contributed by atoms with Crippen molar-refractivity contribution in [2.45, 2.75) is 6.92 Å². The number of nitrogens with zero attached hydrogens (tertiary/aromatic N) is 3. The van der Waals surface area contributed by atoms with Crippen LogP contribution in [0.5, 0.6) is 0 Å². The Kier molecular flexibility index (Phi) is 2.43. The van der Waals surface area contributed by atoms with Crippen molar-refractivity contribution in [1.29, 1.82) is 5.26 Å². The number of rotatable bonds is 1. The minimum absolute atomic E-state index is 0.251. The van der Waals surface area contributed by atoms with Gasteiger partial charge in [0.1, 0.15) is 17.1 Å². The van der Waals surface area contributed by atoms with Gasteiger partial charge in [-0.15, -0.1) is 0 Å². The Labute approximate surface area is 108 Å². The van der Waals surface area contributed by atoms with Crippen molar-refractivity contribution in [3.8, 4) is 11.8 Å². The lowest BCUT2D eigenvalue weighted by Crippen LogP contribution is -2.10. The highest BCUT2D eigenvalue weighted by atomic mass is 16.1. The molecule has 0 amide bonds. The predicted octanol–water partition coefficient (Wildman–Crippen LogP) is 1.89. The van der Waals surface area contributed by atoms with Crippen molar-refractivity contribution < 1.29 is 0 Å². The summed E-state index contributed by atoms with van der Waals surface area (Å²) in [4.78, 5) is 18.7. The van der Waals surface area contributed by atoms with Crippen LogP contribution in [-0.4, -0.2) is 14.5 Å². The van der Waals surface area contributed by atoms with Crippen LogP contribution in [-0.2, 0) is 0 Å². The Balaban J connectivity index is 2.53. The summed E-state index contributed by atoms with van der Waals surface area (Å²) in [6.07, 6.45) is 1.32. The summed E-state index contributed by atoms with van der Waals surface area (Å²) < 4.78 is 1.76. The maximum absolute atomic E-state index is 12.0. The van der Waals surface area contributed by atoms with Crippen LogP contribution >= 0.6 is 0 Å². The van der Waals surface area contributed by atoms with Gasteiger partial charge < -0.3 is 9.55 Å². The van der Waals surface area contributed by atoms with E-state index < -0.39 is 0 Å². The standard InChI is InChI=1S/C14H10N4O/c1-9-11(7-15)12-13(14(19)17-8-16-12)18(9)10-5-3-2-4-6-10/h2-6,8H,1H3,(H,16,17,19). The van der Waals surface area contributed by atoms with Gasteiger partial charge in [-0.2, -0.15) is 5.26 Å². The van der Waals surface area contributed by atoms with Gasteiger partial charge in [0.2, 0.25) is 0 Å². The molecule has 0 saturated carbocycles. The van der Waals surface area contributed by atoms with Gasteiger partial charge in [0, 0.05) is 11.4 Å². The number of aromatic nitrogens is 3. The van der Waals surface area contributed by atoms with Crippen molar-refractivity contribution >= 4 is 11.0 Å². The maximum Gasteiger partial charge on any atom is 0.275 e. The van der Waals surface area contributed by atoms with Crippen LogP contribution < -0.4 is 5.56 Å². The van der Waals surface area contributed by atoms with Crippen LogP contribution in [0.25, 0.3) is 16.7 Å². The highest BCUT2D eigenvalue weighted by Gasteiger charge is 2.18. The number of H-pyrrole nitrogens is 1. The van der Waals surface area contributed by atoms with Gasteiger partial charge in [0.25, 0.3) is 5.56 Å². The van der Waals surface area contributed by atoms with Gasteiger partial charge in [-0.05, 0) is 19.1 Å². The lowest BCUT2D eigenvalue weighted by Gasteiger charge is -2.06. The number of hydrogen-bond acceptors (Lipinski definition) is 3. The second-order valence-corrected chi connectivity index (χ2v) is 4.17. The predicted molar refractivity (Wildman–Crippen MR) is 71.1 cm³/mol. The Hall–Kier alpha value is -2.87. The molecule has 1 N–H and O–H groups in total. The van der Waals surface area contributed by atoms with Gasteiger partial charge >= 0.3 is 0 Å². The van der Waals surface area contributed by atoms with Crippen molar-refractivity contribution in [3.63, 3.8) is 0 Å². The van der Waals surface area contributed by atoms with E-state index in [2.05, 4.69) is 16.0 Å². The Morgan fingerprint density at radius 2 is 2.05 bits per heavy atom. The molecule has 0 spiro atoms. The summed E-state index contributed by atoms with van der Waals surface area (Å²) in [5.74, 6) is 0. The van der Waals surface area contributed by atoms with Gasteiger partial charge in [-0.1, -0.05) is 18.2 Å². The fraction of sp³-hybridized carbons (Fsp3) is 0.0714. The molecule has 19 heavy (non-hydrogen) atoms. The van der Waals surface area contributed by atoms with Gasteiger partial charge in [0.05, 0.1) is 11.9 Å². The number of hydrogen-bond donors (Lipinski definition) is 1. The first-order valence-corrected chi connectivity index (χ1v) is 5.78. The van der Waals surface area contributed by atoms with E-state index in [-0.39, 0.29) is 5.56 Å². The highest BCUT2D eigenvalue weighted by Crippen LogP contribution is 2.24. The fourth-order valence-electron chi connectivity index (χ4n) is 2.27. The molecule has 5 nitrogen and oxygen atoms in total. The topological polar surface area (TPSA) is 74.5 Å². The Bertz CT molecular complexity index is 853. The van der Waals surface area contributed by atoms with Crippen molar-refractivity contribution in [2.24, 2.45) is 0 Å². The molecule has 1 aromatic carbocycles. The second kappa shape index (κ2) is 4.10. The number of nitrogens with one attached hydrogen (secondary N) is 1. The van der Waals surface area contributed by atoms with Crippen LogP contribution in [0.3, 0.4) is 0 Å². The van der Waals surface area contributed by atoms with E-state index >= 15 is 0 Å². The van der Waals surface area contributed by atoms with Crippen LogP contribution in [0.2, 0.25) is 0 Å². The molecule has 0 aliphatic carbocycles. The average Bonchev–Trinajstić information content (AvgIpc) is 2.73. The molecule has 0 aliphatic rings. The van der Waals surface area contributed by atoms with E-state index in [4.69, 9.17) is 0 Å². The van der Waals surface area contributed by atoms with Gasteiger partial charge in [0.15, 0.2) is 0 Å². The lowest BCUT2D eigenvalue weighted by atomic mass is 10.2. The zero-order chi connectivity index (χ0) is 13.4. The summed E-state index contributed by atoms with van der Waals surface area (Å²) in [6.45, 7) is 1.81. The molecule has 0 fully saturated rings. The molecule has 3 aromatic rings. The van der Waals surface area contributed by atoms with Crippen LogP contribution in [0.4, 0.5) is 0 Å². The molecule has 92 valence electrons. The quantitative estimate of drug-likeness (QED) is 0.716. The van der Waals surface area contributed by atoms with Gasteiger partial charge in [-0.25, -0.2) is 4.98 Å². The van der Waals surface area contributed by atoms with E-state index in [0.717, 1.165) is 5.69 Å². The molecule has 5 heteroatoms. The van der Waals surface area contributed by atoms with Crippen LogP contribution in [0.1, 0.15) is 11.3 Å². The summed E-state index contributed by atoms with van der Waals surface area (Å²) >= 11 is 0. The summed E-state index contributed by atoms with van der Waals surface area (Å²) in [7, 11) is 0. The third kappa shape index (κ3) is 1.54. The number of benzene rings is 1. The minimum atomic E-state index is -0.251. The minimum Gasteiger partial charge on any atom is -0.311 e. The zero-order valence-corrected chi connectivity index (χ0v) is 10.2. The highest BCUT2D eigenvalue weighted by molar-refractivity contribution is 5.85. The fourth-order valence-corrected chi connectivity index (χ4v) is 2.27. The summed E-state index contributed by atoms with van der Waals surface area (Å²) in [5.41, 5.74) is 2.58. The third-order valence-electron chi connectivity index (χ3n) is 3.11. The Morgan fingerprint density at radius 1 is 1.32 bits per heavy atom. The van der Waals surface area contributed by atoms with Gasteiger partial charge in [-0.3, -0.25) is 4.79 Å². The van der Waals surface area contributed by atoms with Crippen molar-refractivity contribution in [2.75, 3.05) is 0 Å². The normalized spacial score (nSPS) is 10.5. The largest absolute Gasteiger partial charge is 0.311 e. The lowest BCUT2D eigenvalue weighted by molar-refractivity contribution is 1.03. The smallest absolute Gasteiger partial charge is 0.275 e. The van der Waals surface area contributed by atoms with Crippen LogP contribution in [0.15, 0.2) is 41.5 Å². The molecule has 3 rings (SSSR count).